The number of fused-ring (bicyclic) bond motifs is 1. The summed E-state index contributed by atoms with van der Waals surface area (Å²) >= 11 is 5.15. The van der Waals surface area contributed by atoms with Crippen molar-refractivity contribution in [3.8, 4) is 0 Å². The summed E-state index contributed by atoms with van der Waals surface area (Å²) in [5.41, 5.74) is 3.19. The summed E-state index contributed by atoms with van der Waals surface area (Å²) in [4.78, 5) is 23.4. The molecule has 3 rings (SSSR count). The fourth-order valence-corrected chi connectivity index (χ4v) is 2.70. The van der Waals surface area contributed by atoms with Gasteiger partial charge in [0, 0.05) is 17.7 Å². The standard InChI is InChI=1S/C18H16N2O3S/c21-16(9-6-12-4-2-1-3-5-12)20-18(24)19-14-7-8-15-13(10-14)11-23-17(15)22/h1-5,7-8,10H,6,9,11H2,(H2,19,20,21,24). The van der Waals surface area contributed by atoms with Gasteiger partial charge in [0.05, 0.1) is 5.56 Å². The van der Waals surface area contributed by atoms with Crippen molar-refractivity contribution in [1.29, 1.82) is 0 Å². The highest BCUT2D eigenvalue weighted by Gasteiger charge is 2.21. The van der Waals surface area contributed by atoms with Crippen LogP contribution in [0.25, 0.3) is 0 Å². The average Bonchev–Trinajstić information content (AvgIpc) is 2.94. The second kappa shape index (κ2) is 7.23. The lowest BCUT2D eigenvalue weighted by Gasteiger charge is -2.10. The summed E-state index contributed by atoms with van der Waals surface area (Å²) < 4.78 is 4.95. The number of cyclic esters (lactones) is 1. The summed E-state index contributed by atoms with van der Waals surface area (Å²) in [6, 6.07) is 15.0. The van der Waals surface area contributed by atoms with Crippen LogP contribution in [-0.4, -0.2) is 17.0 Å². The Hall–Kier alpha value is -2.73. The van der Waals surface area contributed by atoms with E-state index < -0.39 is 0 Å². The third-order valence-electron chi connectivity index (χ3n) is 3.68. The molecular formula is C18H16N2O3S. The first kappa shape index (κ1) is 16.1. The molecule has 1 heterocycles. The molecule has 122 valence electrons. The molecule has 0 radical (unpaired) electrons. The fraction of sp³-hybridized carbons (Fsp3) is 0.167. The van der Waals surface area contributed by atoms with Gasteiger partial charge in [-0.25, -0.2) is 4.79 Å². The zero-order valence-electron chi connectivity index (χ0n) is 12.9. The summed E-state index contributed by atoms with van der Waals surface area (Å²) in [7, 11) is 0. The lowest BCUT2D eigenvalue weighted by molar-refractivity contribution is -0.119. The number of hydrogen-bond donors (Lipinski definition) is 2. The molecule has 0 unspecified atom stereocenters. The van der Waals surface area contributed by atoms with Crippen molar-refractivity contribution in [2.24, 2.45) is 0 Å². The van der Waals surface area contributed by atoms with Gasteiger partial charge in [-0.3, -0.25) is 4.79 Å². The third kappa shape index (κ3) is 3.97. The number of hydrogen-bond acceptors (Lipinski definition) is 4. The van der Waals surface area contributed by atoms with Crippen LogP contribution >= 0.6 is 12.2 Å². The number of nitrogens with one attached hydrogen (secondary N) is 2. The largest absolute Gasteiger partial charge is 0.457 e. The van der Waals surface area contributed by atoms with E-state index in [4.69, 9.17) is 17.0 Å². The predicted octanol–water partition coefficient (Wildman–Crippen LogP) is 2.80. The maximum absolute atomic E-state index is 11.9. The van der Waals surface area contributed by atoms with Crippen LogP contribution in [0.4, 0.5) is 5.69 Å². The van der Waals surface area contributed by atoms with Crippen LogP contribution in [0.2, 0.25) is 0 Å². The molecule has 0 saturated carbocycles. The van der Waals surface area contributed by atoms with E-state index >= 15 is 0 Å². The molecule has 0 atom stereocenters. The zero-order chi connectivity index (χ0) is 16.9. The highest BCUT2D eigenvalue weighted by Crippen LogP contribution is 2.23. The number of carbonyl (C=O) groups excluding carboxylic acids is 2. The Kier molecular flexibility index (Phi) is 4.86. The highest BCUT2D eigenvalue weighted by molar-refractivity contribution is 7.80. The zero-order valence-corrected chi connectivity index (χ0v) is 13.7. The topological polar surface area (TPSA) is 67.4 Å². The maximum Gasteiger partial charge on any atom is 0.338 e. The van der Waals surface area contributed by atoms with E-state index in [9.17, 15) is 9.59 Å². The summed E-state index contributed by atoms with van der Waals surface area (Å²) in [5.74, 6) is -0.454. The summed E-state index contributed by atoms with van der Waals surface area (Å²) in [5, 5.41) is 5.84. The molecule has 1 aliphatic heterocycles. The molecule has 0 spiro atoms. The molecule has 0 fully saturated rings. The van der Waals surface area contributed by atoms with E-state index in [1.807, 2.05) is 30.3 Å². The van der Waals surface area contributed by atoms with Crippen molar-refractivity contribution >= 4 is 34.9 Å². The van der Waals surface area contributed by atoms with Crippen molar-refractivity contribution in [2.75, 3.05) is 5.32 Å². The minimum absolute atomic E-state index is 0.143. The van der Waals surface area contributed by atoms with E-state index in [2.05, 4.69) is 10.6 Å². The van der Waals surface area contributed by atoms with Crippen molar-refractivity contribution in [3.05, 3.63) is 65.2 Å². The SMILES string of the molecule is O=C(CCc1ccccc1)NC(=S)Nc1ccc2c(c1)COC2=O. The van der Waals surface area contributed by atoms with Crippen molar-refractivity contribution in [1.82, 2.24) is 5.32 Å². The van der Waals surface area contributed by atoms with Crippen molar-refractivity contribution in [2.45, 2.75) is 19.4 Å². The third-order valence-corrected chi connectivity index (χ3v) is 3.88. The average molecular weight is 340 g/mol. The van der Waals surface area contributed by atoms with Crippen LogP contribution in [0, 0.1) is 0 Å². The number of aryl methyl sites for hydroxylation is 1. The van der Waals surface area contributed by atoms with Crippen molar-refractivity contribution in [3.63, 3.8) is 0 Å². The van der Waals surface area contributed by atoms with Gasteiger partial charge in [-0.2, -0.15) is 0 Å². The predicted molar refractivity (Wildman–Crippen MR) is 94.7 cm³/mol. The number of carbonyl (C=O) groups is 2. The van der Waals surface area contributed by atoms with E-state index in [0.717, 1.165) is 11.1 Å². The Balaban J connectivity index is 1.50. The van der Waals surface area contributed by atoms with Gasteiger partial charge >= 0.3 is 5.97 Å². The van der Waals surface area contributed by atoms with E-state index in [1.54, 1.807) is 18.2 Å². The lowest BCUT2D eigenvalue weighted by atomic mass is 10.1. The quantitative estimate of drug-likeness (QED) is 0.662. The fourth-order valence-electron chi connectivity index (χ4n) is 2.47. The first-order valence-electron chi connectivity index (χ1n) is 7.56. The molecule has 1 amide bonds. The minimum atomic E-state index is -0.312. The molecule has 0 aliphatic carbocycles. The van der Waals surface area contributed by atoms with E-state index in [1.165, 1.54) is 0 Å². The summed E-state index contributed by atoms with van der Waals surface area (Å²) in [6.45, 7) is 0.264. The van der Waals surface area contributed by atoms with Gasteiger partial charge in [0.15, 0.2) is 5.11 Å². The van der Waals surface area contributed by atoms with Gasteiger partial charge in [-0.1, -0.05) is 30.3 Å². The van der Waals surface area contributed by atoms with Gasteiger partial charge in [-0.15, -0.1) is 0 Å². The Morgan fingerprint density at radius 2 is 1.96 bits per heavy atom. The molecule has 0 bridgehead atoms. The Bertz CT molecular complexity index is 790. The Morgan fingerprint density at radius 1 is 1.17 bits per heavy atom. The van der Waals surface area contributed by atoms with Gasteiger partial charge in [0.2, 0.25) is 5.91 Å². The van der Waals surface area contributed by atoms with Crippen molar-refractivity contribution < 1.29 is 14.3 Å². The first-order chi connectivity index (χ1) is 11.6. The monoisotopic (exact) mass is 340 g/mol. The number of ether oxygens (including phenoxy) is 1. The molecule has 6 heteroatoms. The minimum Gasteiger partial charge on any atom is -0.457 e. The molecule has 0 saturated heterocycles. The number of thiocarbonyl (C=S) groups is 1. The molecule has 2 N–H and O–H groups in total. The molecule has 24 heavy (non-hydrogen) atoms. The van der Waals surface area contributed by atoms with Gasteiger partial charge in [-0.05, 0) is 42.4 Å². The molecule has 0 aromatic heterocycles. The van der Waals surface area contributed by atoms with Gasteiger partial charge in [0.1, 0.15) is 6.61 Å². The second-order valence-corrected chi connectivity index (χ2v) is 5.84. The van der Waals surface area contributed by atoms with Crippen LogP contribution in [0.5, 0.6) is 0 Å². The normalized spacial score (nSPS) is 12.2. The number of benzene rings is 2. The Morgan fingerprint density at radius 3 is 2.75 bits per heavy atom. The van der Waals surface area contributed by atoms with Crippen LogP contribution in [0.1, 0.15) is 27.9 Å². The molecule has 1 aliphatic rings. The van der Waals surface area contributed by atoms with Crippen LogP contribution in [-0.2, 0) is 22.6 Å². The molecular weight excluding hydrogens is 324 g/mol. The first-order valence-corrected chi connectivity index (χ1v) is 7.97. The van der Waals surface area contributed by atoms with Crippen LogP contribution in [0.15, 0.2) is 48.5 Å². The Labute approximate surface area is 145 Å². The van der Waals surface area contributed by atoms with Crippen LogP contribution < -0.4 is 10.6 Å². The van der Waals surface area contributed by atoms with E-state index in [0.29, 0.717) is 24.1 Å². The number of amides is 1. The van der Waals surface area contributed by atoms with Gasteiger partial charge < -0.3 is 15.4 Å². The molecule has 2 aromatic rings. The molecule has 2 aromatic carbocycles. The van der Waals surface area contributed by atoms with Crippen LogP contribution in [0.3, 0.4) is 0 Å². The smallest absolute Gasteiger partial charge is 0.338 e. The maximum atomic E-state index is 11.9. The highest BCUT2D eigenvalue weighted by atomic mass is 32.1. The lowest BCUT2D eigenvalue weighted by Crippen LogP contribution is -2.34. The van der Waals surface area contributed by atoms with E-state index in [-0.39, 0.29) is 23.6 Å². The summed E-state index contributed by atoms with van der Waals surface area (Å²) in [6.07, 6.45) is 1.02. The number of esters is 1. The van der Waals surface area contributed by atoms with Gasteiger partial charge in [0.25, 0.3) is 0 Å². The second-order valence-electron chi connectivity index (χ2n) is 5.44. The molecule has 5 nitrogen and oxygen atoms in total. The number of rotatable bonds is 4. The number of anilines is 1.